The van der Waals surface area contributed by atoms with Gasteiger partial charge in [0, 0.05) is 29.1 Å². The number of anilines is 1. The highest BCUT2D eigenvalue weighted by Gasteiger charge is 2.23. The molecule has 0 aliphatic rings. The molecule has 0 N–H and O–H groups in total. The van der Waals surface area contributed by atoms with Gasteiger partial charge in [0.25, 0.3) is 5.91 Å². The van der Waals surface area contributed by atoms with Crippen molar-refractivity contribution in [1.29, 1.82) is 0 Å². The summed E-state index contributed by atoms with van der Waals surface area (Å²) in [5.41, 5.74) is 4.65. The van der Waals surface area contributed by atoms with Crippen LogP contribution in [-0.4, -0.2) is 21.7 Å². The Morgan fingerprint density at radius 1 is 0.833 bits per heavy atom. The number of ketones is 1. The summed E-state index contributed by atoms with van der Waals surface area (Å²) < 4.78 is 1.05. The molecule has 0 aliphatic carbocycles. The predicted molar refractivity (Wildman–Crippen MR) is 145 cm³/mol. The van der Waals surface area contributed by atoms with Crippen LogP contribution in [0.3, 0.4) is 0 Å². The quantitative estimate of drug-likeness (QED) is 0.233. The first-order chi connectivity index (χ1) is 17.5. The Labute approximate surface area is 214 Å². The van der Waals surface area contributed by atoms with Crippen molar-refractivity contribution in [3.63, 3.8) is 0 Å². The lowest BCUT2D eigenvalue weighted by molar-refractivity contribution is 0.0982. The summed E-state index contributed by atoms with van der Waals surface area (Å²) in [7, 11) is 0. The van der Waals surface area contributed by atoms with E-state index in [-0.39, 0.29) is 11.7 Å². The van der Waals surface area contributed by atoms with Crippen LogP contribution in [0.2, 0.25) is 0 Å². The van der Waals surface area contributed by atoms with Gasteiger partial charge in [0.1, 0.15) is 0 Å². The highest BCUT2D eigenvalue weighted by molar-refractivity contribution is 7.22. The van der Waals surface area contributed by atoms with Crippen LogP contribution in [0.25, 0.3) is 10.2 Å². The summed E-state index contributed by atoms with van der Waals surface area (Å²) in [6.45, 7) is 4.63. The number of thiazole rings is 1. The van der Waals surface area contributed by atoms with Crippen molar-refractivity contribution in [2.75, 3.05) is 4.90 Å². The third kappa shape index (κ3) is 4.81. The Bertz CT molecular complexity index is 1510. The molecule has 0 aliphatic heterocycles. The molecule has 5 nitrogen and oxygen atoms in total. The molecule has 6 heteroatoms. The summed E-state index contributed by atoms with van der Waals surface area (Å²) in [4.78, 5) is 37.4. The fourth-order valence-electron chi connectivity index (χ4n) is 4.12. The van der Waals surface area contributed by atoms with Gasteiger partial charge in [-0.1, -0.05) is 85.8 Å². The lowest BCUT2D eigenvalue weighted by Crippen LogP contribution is -2.30. The number of aromatic nitrogens is 2. The number of benzene rings is 3. The minimum atomic E-state index is -0.178. The Hall–Kier alpha value is -4.16. The van der Waals surface area contributed by atoms with E-state index >= 15 is 0 Å². The van der Waals surface area contributed by atoms with Crippen LogP contribution in [-0.2, 0) is 6.54 Å². The Morgan fingerprint density at radius 2 is 1.56 bits per heavy atom. The fourth-order valence-corrected chi connectivity index (χ4v) is 5.11. The molecule has 0 saturated carbocycles. The smallest absolute Gasteiger partial charge is 0.260 e. The second-order valence-electron chi connectivity index (χ2n) is 8.87. The molecule has 5 aromatic rings. The summed E-state index contributed by atoms with van der Waals surface area (Å²) >= 11 is 1.50. The van der Waals surface area contributed by atoms with Crippen molar-refractivity contribution in [3.8, 4) is 0 Å². The van der Waals surface area contributed by atoms with Gasteiger partial charge in [0.05, 0.1) is 16.8 Å². The van der Waals surface area contributed by atoms with E-state index < -0.39 is 0 Å². The maximum atomic E-state index is 13.8. The predicted octanol–water partition coefficient (Wildman–Crippen LogP) is 6.89. The van der Waals surface area contributed by atoms with Crippen LogP contribution in [0, 0.1) is 0 Å². The van der Waals surface area contributed by atoms with Gasteiger partial charge in [-0.2, -0.15) is 0 Å². The zero-order valence-corrected chi connectivity index (χ0v) is 20.9. The van der Waals surface area contributed by atoms with Gasteiger partial charge in [-0.15, -0.1) is 0 Å². The van der Waals surface area contributed by atoms with Gasteiger partial charge < -0.3 is 0 Å². The molecule has 0 unspecified atom stereocenters. The molecule has 0 bridgehead atoms. The van der Waals surface area contributed by atoms with E-state index in [0.717, 1.165) is 21.3 Å². The number of fused-ring (bicyclic) bond motifs is 1. The maximum absolute atomic E-state index is 13.8. The van der Waals surface area contributed by atoms with Crippen LogP contribution in [0.15, 0.2) is 97.3 Å². The number of hydrogen-bond donors (Lipinski definition) is 0. The number of nitrogens with zero attached hydrogens (tertiary/aromatic N) is 3. The van der Waals surface area contributed by atoms with E-state index in [2.05, 4.69) is 24.9 Å². The van der Waals surface area contributed by atoms with Gasteiger partial charge in [0.15, 0.2) is 10.9 Å². The van der Waals surface area contributed by atoms with E-state index in [4.69, 9.17) is 4.98 Å². The molecule has 36 heavy (non-hydrogen) atoms. The summed E-state index contributed by atoms with van der Waals surface area (Å²) in [5, 5.41) is 0.636. The highest BCUT2D eigenvalue weighted by atomic mass is 32.1. The Kier molecular flexibility index (Phi) is 6.69. The number of hydrogen-bond acceptors (Lipinski definition) is 5. The highest BCUT2D eigenvalue weighted by Crippen LogP contribution is 2.34. The van der Waals surface area contributed by atoms with Crippen LogP contribution in [0.4, 0.5) is 5.13 Å². The molecule has 178 valence electrons. The topological polar surface area (TPSA) is 63.2 Å². The molecule has 0 atom stereocenters. The summed E-state index contributed by atoms with van der Waals surface area (Å²) in [5.74, 6) is 0.0674. The van der Waals surface area contributed by atoms with E-state index in [0.29, 0.717) is 34.3 Å². The summed E-state index contributed by atoms with van der Waals surface area (Å²) in [6.07, 6.45) is 3.47. The van der Waals surface area contributed by atoms with Gasteiger partial charge in [-0.05, 0) is 41.3 Å². The molecular formula is C30H25N3O2S. The first-order valence-electron chi connectivity index (χ1n) is 11.8. The molecule has 0 radical (unpaired) electrons. The lowest BCUT2D eigenvalue weighted by atomic mass is 10.0. The first kappa shape index (κ1) is 23.6. The monoisotopic (exact) mass is 491 g/mol. The van der Waals surface area contributed by atoms with E-state index in [1.165, 1.54) is 11.3 Å². The number of rotatable bonds is 7. The van der Waals surface area contributed by atoms with Crippen LogP contribution in [0.1, 0.15) is 57.2 Å². The SMILES string of the molecule is CC(C)c1cccc2sc(N(Cc3cccnc3)C(=O)c3ccc(C(=O)c4ccccc4)cc3)nc12. The van der Waals surface area contributed by atoms with Gasteiger partial charge in [0.2, 0.25) is 0 Å². The molecule has 5 rings (SSSR count). The van der Waals surface area contributed by atoms with Crippen molar-refractivity contribution >= 4 is 38.4 Å². The molecule has 0 saturated heterocycles. The van der Waals surface area contributed by atoms with Crippen molar-refractivity contribution in [2.45, 2.75) is 26.3 Å². The number of amides is 1. The normalized spacial score (nSPS) is 11.1. The minimum Gasteiger partial charge on any atom is -0.289 e. The van der Waals surface area contributed by atoms with Crippen molar-refractivity contribution in [1.82, 2.24) is 9.97 Å². The van der Waals surface area contributed by atoms with Gasteiger partial charge >= 0.3 is 0 Å². The van der Waals surface area contributed by atoms with E-state index in [1.54, 1.807) is 53.7 Å². The number of carbonyl (C=O) groups excluding carboxylic acids is 2. The van der Waals surface area contributed by atoms with Crippen LogP contribution >= 0.6 is 11.3 Å². The second-order valence-corrected chi connectivity index (χ2v) is 9.88. The van der Waals surface area contributed by atoms with Crippen LogP contribution < -0.4 is 4.90 Å². The number of pyridine rings is 1. The standard InChI is InChI=1S/C30H25N3O2S/c1-20(2)25-11-6-12-26-27(25)32-30(36-26)33(19-21-8-7-17-31-18-21)29(35)24-15-13-23(14-16-24)28(34)22-9-4-3-5-10-22/h3-18,20H,19H2,1-2H3. The van der Waals surface area contributed by atoms with Crippen molar-refractivity contribution < 1.29 is 9.59 Å². The molecule has 2 heterocycles. The third-order valence-electron chi connectivity index (χ3n) is 6.03. The Morgan fingerprint density at radius 3 is 2.25 bits per heavy atom. The van der Waals surface area contributed by atoms with Crippen molar-refractivity contribution in [3.05, 3.63) is 125 Å². The fraction of sp³-hybridized carbons (Fsp3) is 0.133. The first-order valence-corrected chi connectivity index (χ1v) is 12.6. The van der Waals surface area contributed by atoms with E-state index in [1.807, 2.05) is 42.5 Å². The number of carbonyl (C=O) groups is 2. The molecule has 2 aromatic heterocycles. The van der Waals surface area contributed by atoms with Crippen LogP contribution in [0.5, 0.6) is 0 Å². The minimum absolute atomic E-state index is 0.0748. The van der Waals surface area contributed by atoms with Crippen molar-refractivity contribution in [2.24, 2.45) is 0 Å². The third-order valence-corrected chi connectivity index (χ3v) is 7.07. The zero-order chi connectivity index (χ0) is 25.1. The largest absolute Gasteiger partial charge is 0.289 e. The summed E-state index contributed by atoms with van der Waals surface area (Å²) in [6, 6.07) is 25.9. The molecule has 0 fully saturated rings. The lowest BCUT2D eigenvalue weighted by Gasteiger charge is -2.20. The molecule has 3 aromatic carbocycles. The number of para-hydroxylation sites is 1. The maximum Gasteiger partial charge on any atom is 0.260 e. The molecule has 1 amide bonds. The Balaban J connectivity index is 1.50. The van der Waals surface area contributed by atoms with E-state index in [9.17, 15) is 9.59 Å². The zero-order valence-electron chi connectivity index (χ0n) is 20.1. The second kappa shape index (κ2) is 10.2. The van der Waals surface area contributed by atoms with Gasteiger partial charge in [-0.3, -0.25) is 19.5 Å². The van der Waals surface area contributed by atoms with Gasteiger partial charge in [-0.25, -0.2) is 4.98 Å². The molecule has 0 spiro atoms. The average molecular weight is 492 g/mol. The average Bonchev–Trinajstić information content (AvgIpc) is 3.36. The molecular weight excluding hydrogens is 466 g/mol.